The first-order valence-corrected chi connectivity index (χ1v) is 6.85. The van der Waals surface area contributed by atoms with Gasteiger partial charge in [0.1, 0.15) is 11.3 Å². The van der Waals surface area contributed by atoms with Crippen molar-refractivity contribution >= 4 is 12.2 Å². The summed E-state index contributed by atoms with van der Waals surface area (Å²) in [6.07, 6.45) is 1.15. The number of phenolic OH excluding ortho intramolecular Hbond substituents is 1. The lowest BCUT2D eigenvalue weighted by Crippen LogP contribution is -2.26. The molecule has 2 aromatic rings. The van der Waals surface area contributed by atoms with Crippen molar-refractivity contribution in [3.05, 3.63) is 56.2 Å². The summed E-state index contributed by atoms with van der Waals surface area (Å²) in [5, 5.41) is 18.9. The Bertz CT molecular complexity index is 866. The Kier molecular flexibility index (Phi) is 5.15. The Labute approximate surface area is 135 Å². The summed E-state index contributed by atoms with van der Waals surface area (Å²) in [4.78, 5) is 42.4. The number of ether oxygens (including phenoxy) is 1. The second-order valence-electron chi connectivity index (χ2n) is 4.86. The average Bonchev–Trinajstić information content (AvgIpc) is 2.53. The normalized spacial score (nSPS) is 12.2. The molecule has 126 valence electrons. The molecule has 9 nitrogen and oxygen atoms in total. The Balaban J connectivity index is 2.29. The maximum absolute atomic E-state index is 11.8. The Hall–Kier alpha value is -3.36. The average molecular weight is 333 g/mol. The molecule has 0 saturated carbocycles. The fourth-order valence-electron chi connectivity index (χ4n) is 1.96. The first-order chi connectivity index (χ1) is 11.4. The van der Waals surface area contributed by atoms with Gasteiger partial charge in [-0.2, -0.15) is 0 Å². The predicted octanol–water partition coefficient (Wildman–Crippen LogP) is -0.322. The quantitative estimate of drug-likeness (QED) is 0.436. The summed E-state index contributed by atoms with van der Waals surface area (Å²) in [6, 6.07) is 5.19. The smallest absolute Gasteiger partial charge is 0.330 e. The summed E-state index contributed by atoms with van der Waals surface area (Å²) < 4.78 is 4.67. The molecule has 1 atom stereocenters. The van der Waals surface area contributed by atoms with E-state index in [0.29, 0.717) is 5.56 Å². The van der Waals surface area contributed by atoms with Crippen LogP contribution in [0.2, 0.25) is 0 Å². The number of methoxy groups -OCH3 is 1. The van der Waals surface area contributed by atoms with E-state index in [9.17, 15) is 24.6 Å². The number of carbonyl (C=O) groups excluding carboxylic acids is 1. The number of nitrogens with one attached hydrogen (secondary N) is 2. The van der Waals surface area contributed by atoms with Gasteiger partial charge < -0.3 is 14.9 Å². The summed E-state index contributed by atoms with van der Waals surface area (Å²) in [5.74, 6) is -1.21. The number of phenols is 1. The molecule has 0 saturated heterocycles. The monoisotopic (exact) mass is 333 g/mol. The van der Waals surface area contributed by atoms with Crippen LogP contribution in [0.5, 0.6) is 11.6 Å². The molecule has 0 aliphatic carbocycles. The van der Waals surface area contributed by atoms with Crippen molar-refractivity contribution in [1.82, 2.24) is 9.97 Å². The van der Waals surface area contributed by atoms with E-state index < -0.39 is 29.1 Å². The van der Waals surface area contributed by atoms with Gasteiger partial charge in [0.25, 0.3) is 5.56 Å². The summed E-state index contributed by atoms with van der Waals surface area (Å²) in [6.45, 7) is 0. The molecule has 0 bridgehead atoms. The Morgan fingerprint density at radius 3 is 2.50 bits per heavy atom. The van der Waals surface area contributed by atoms with Crippen LogP contribution in [0.25, 0.3) is 0 Å². The fraction of sp³-hybridized carbons (Fsp3) is 0.200. The molecule has 0 aliphatic heterocycles. The van der Waals surface area contributed by atoms with Gasteiger partial charge in [0.05, 0.1) is 7.11 Å². The zero-order valence-electron chi connectivity index (χ0n) is 12.6. The second kappa shape index (κ2) is 7.27. The minimum absolute atomic E-state index is 0.0848. The Morgan fingerprint density at radius 2 is 1.92 bits per heavy atom. The largest absolute Gasteiger partial charge is 0.508 e. The predicted molar refractivity (Wildman–Crippen MR) is 84.6 cm³/mol. The molecule has 9 heteroatoms. The van der Waals surface area contributed by atoms with E-state index in [2.05, 4.69) is 9.73 Å². The van der Waals surface area contributed by atoms with Crippen molar-refractivity contribution in [2.24, 2.45) is 4.99 Å². The SMILES string of the molecule is COC(=O)[C@H](Cc1ccc(O)cc1)N=Cc1c(O)[nH]c(=O)[nH]c1=O. The van der Waals surface area contributed by atoms with Crippen molar-refractivity contribution in [1.29, 1.82) is 0 Å². The van der Waals surface area contributed by atoms with Gasteiger partial charge >= 0.3 is 11.7 Å². The molecular formula is C15H15N3O6. The van der Waals surface area contributed by atoms with E-state index >= 15 is 0 Å². The third kappa shape index (κ3) is 4.09. The van der Waals surface area contributed by atoms with Gasteiger partial charge in [-0.1, -0.05) is 12.1 Å². The molecule has 4 N–H and O–H groups in total. The van der Waals surface area contributed by atoms with Gasteiger partial charge in [-0.25, -0.2) is 9.59 Å². The van der Waals surface area contributed by atoms with Crippen molar-refractivity contribution in [3.8, 4) is 11.6 Å². The third-order valence-electron chi connectivity index (χ3n) is 3.18. The van der Waals surface area contributed by atoms with Gasteiger partial charge in [-0.05, 0) is 17.7 Å². The zero-order chi connectivity index (χ0) is 17.7. The number of H-pyrrole nitrogens is 2. The minimum Gasteiger partial charge on any atom is -0.508 e. The highest BCUT2D eigenvalue weighted by Crippen LogP contribution is 2.13. The number of nitrogens with zero attached hydrogens (tertiary/aromatic N) is 1. The third-order valence-corrected chi connectivity index (χ3v) is 3.18. The van der Waals surface area contributed by atoms with Crippen molar-refractivity contribution in [2.45, 2.75) is 12.5 Å². The molecule has 0 fully saturated rings. The summed E-state index contributed by atoms with van der Waals surface area (Å²) >= 11 is 0. The van der Waals surface area contributed by atoms with Crippen LogP contribution in [0, 0.1) is 0 Å². The minimum atomic E-state index is -0.967. The van der Waals surface area contributed by atoms with Gasteiger partial charge in [0.2, 0.25) is 5.88 Å². The van der Waals surface area contributed by atoms with Crippen LogP contribution in [0.3, 0.4) is 0 Å². The highest BCUT2D eigenvalue weighted by atomic mass is 16.5. The summed E-state index contributed by atoms with van der Waals surface area (Å²) in [5.41, 5.74) is -1.27. The number of esters is 1. The topological polar surface area (TPSA) is 145 Å². The number of aliphatic imine (C=N–C) groups is 1. The maximum atomic E-state index is 11.8. The van der Waals surface area contributed by atoms with Crippen LogP contribution in [-0.2, 0) is 16.0 Å². The van der Waals surface area contributed by atoms with Crippen molar-refractivity contribution in [3.63, 3.8) is 0 Å². The molecule has 0 spiro atoms. The standard InChI is InChI=1S/C15H15N3O6/c1-24-14(22)11(6-8-2-4-9(19)5-3-8)16-7-10-12(20)17-15(23)18-13(10)21/h2-5,7,11,19H,6H2,1H3,(H3,17,18,20,21,23)/t11-/m0/s1. The number of hydrogen-bond donors (Lipinski definition) is 4. The fourth-order valence-corrected chi connectivity index (χ4v) is 1.96. The first kappa shape index (κ1) is 17.0. The number of benzene rings is 1. The zero-order valence-corrected chi connectivity index (χ0v) is 12.6. The van der Waals surface area contributed by atoms with Gasteiger partial charge in [-0.3, -0.25) is 19.8 Å². The molecule has 0 amide bonds. The van der Waals surface area contributed by atoms with Crippen LogP contribution in [0.15, 0.2) is 38.8 Å². The van der Waals surface area contributed by atoms with Crippen LogP contribution in [0.1, 0.15) is 11.1 Å². The highest BCUT2D eigenvalue weighted by Gasteiger charge is 2.19. The lowest BCUT2D eigenvalue weighted by atomic mass is 10.1. The number of aromatic amines is 2. The molecular weight excluding hydrogens is 318 g/mol. The number of rotatable bonds is 5. The molecule has 0 radical (unpaired) electrons. The molecule has 2 rings (SSSR count). The van der Waals surface area contributed by atoms with Gasteiger partial charge in [-0.15, -0.1) is 0 Å². The molecule has 1 aromatic heterocycles. The molecule has 0 aliphatic rings. The Morgan fingerprint density at radius 1 is 1.25 bits per heavy atom. The van der Waals surface area contributed by atoms with Gasteiger partial charge in [0.15, 0.2) is 6.04 Å². The number of aromatic hydroxyl groups is 2. The number of hydrogen-bond acceptors (Lipinski definition) is 7. The van der Waals surface area contributed by atoms with Crippen LogP contribution in [0.4, 0.5) is 0 Å². The number of aromatic nitrogens is 2. The highest BCUT2D eigenvalue weighted by molar-refractivity contribution is 5.85. The lowest BCUT2D eigenvalue weighted by molar-refractivity contribution is -0.142. The molecule has 1 heterocycles. The lowest BCUT2D eigenvalue weighted by Gasteiger charge is -2.10. The van der Waals surface area contributed by atoms with Crippen molar-refractivity contribution < 1.29 is 19.7 Å². The molecule has 1 aromatic carbocycles. The molecule has 24 heavy (non-hydrogen) atoms. The first-order valence-electron chi connectivity index (χ1n) is 6.85. The van der Waals surface area contributed by atoms with Crippen LogP contribution < -0.4 is 11.2 Å². The maximum Gasteiger partial charge on any atom is 0.330 e. The van der Waals surface area contributed by atoms with Crippen molar-refractivity contribution in [2.75, 3.05) is 7.11 Å². The van der Waals surface area contributed by atoms with E-state index in [4.69, 9.17) is 0 Å². The number of carbonyl (C=O) groups is 1. The summed E-state index contributed by atoms with van der Waals surface area (Å²) in [7, 11) is 1.20. The second-order valence-corrected chi connectivity index (χ2v) is 4.86. The van der Waals surface area contributed by atoms with E-state index in [0.717, 1.165) is 6.21 Å². The van der Waals surface area contributed by atoms with Crippen LogP contribution in [-0.4, -0.2) is 45.5 Å². The van der Waals surface area contributed by atoms with Gasteiger partial charge in [0, 0.05) is 12.6 Å². The van der Waals surface area contributed by atoms with E-state index in [1.54, 1.807) is 12.1 Å². The van der Waals surface area contributed by atoms with E-state index in [1.165, 1.54) is 19.2 Å². The molecule has 0 unspecified atom stereocenters. The van der Waals surface area contributed by atoms with E-state index in [-0.39, 0.29) is 17.7 Å². The van der Waals surface area contributed by atoms with Crippen LogP contribution >= 0.6 is 0 Å². The van der Waals surface area contributed by atoms with E-state index in [1.807, 2.05) is 9.97 Å².